The summed E-state index contributed by atoms with van der Waals surface area (Å²) in [5, 5.41) is 11.1. The van der Waals surface area contributed by atoms with Crippen LogP contribution < -0.4 is 5.63 Å². The second kappa shape index (κ2) is 4.85. The highest BCUT2D eigenvalue weighted by molar-refractivity contribution is 6.12. The van der Waals surface area contributed by atoms with Crippen LogP contribution in [0.25, 0.3) is 32.9 Å². The zero-order chi connectivity index (χ0) is 17.9. The summed E-state index contributed by atoms with van der Waals surface area (Å²) < 4.78 is 48.3. The van der Waals surface area contributed by atoms with E-state index in [1.807, 2.05) is 0 Å². The summed E-state index contributed by atoms with van der Waals surface area (Å²) in [6, 6.07) is 9.50. The molecule has 4 aromatic rings. The third-order valence-electron chi connectivity index (χ3n) is 3.86. The first-order valence-electron chi connectivity index (χ1n) is 7.00. The van der Waals surface area contributed by atoms with Crippen LogP contribution in [-0.2, 0) is 0 Å². The molecule has 0 bridgehead atoms. The average molecular weight is 348 g/mol. The van der Waals surface area contributed by atoms with Gasteiger partial charge in [-0.15, -0.1) is 0 Å². The lowest BCUT2D eigenvalue weighted by Gasteiger charge is -2.07. The maximum absolute atomic E-state index is 12.7. The smallest absolute Gasteiger partial charge is 0.455 e. The summed E-state index contributed by atoms with van der Waals surface area (Å²) in [6.45, 7) is 0. The van der Waals surface area contributed by atoms with E-state index in [0.29, 0.717) is 21.9 Å². The van der Waals surface area contributed by atoms with E-state index in [9.17, 15) is 27.9 Å². The first-order valence-corrected chi connectivity index (χ1v) is 7.00. The number of alkyl halides is 3. The number of hydrogen-bond donors (Lipinski definition) is 1. The average Bonchev–Trinajstić information content (AvgIpc) is 2.89. The standard InChI is InChI=1S/C17H7F3O5/c18-17(19,20)15(22)13-14(21)9-5-8-7-3-1-2-4-10(7)24-11(8)6-12(9)25-16(13)23/h1-6,21H. The second-order valence-corrected chi connectivity index (χ2v) is 5.38. The predicted molar refractivity (Wildman–Crippen MR) is 81.8 cm³/mol. The van der Waals surface area contributed by atoms with Crippen molar-refractivity contribution in [2.75, 3.05) is 0 Å². The van der Waals surface area contributed by atoms with Crippen molar-refractivity contribution in [1.29, 1.82) is 0 Å². The Morgan fingerprint density at radius 1 is 0.920 bits per heavy atom. The normalized spacial score (nSPS) is 12.3. The molecule has 0 fully saturated rings. The number of aromatic hydroxyl groups is 1. The zero-order valence-electron chi connectivity index (χ0n) is 12.2. The monoisotopic (exact) mass is 348 g/mol. The van der Waals surface area contributed by atoms with Gasteiger partial charge in [-0.1, -0.05) is 18.2 Å². The minimum Gasteiger partial charge on any atom is -0.506 e. The minimum absolute atomic E-state index is 0.187. The van der Waals surface area contributed by atoms with Crippen LogP contribution in [0.2, 0.25) is 0 Å². The van der Waals surface area contributed by atoms with E-state index in [4.69, 9.17) is 8.83 Å². The molecular formula is C17H7F3O5. The van der Waals surface area contributed by atoms with Gasteiger partial charge in [-0.25, -0.2) is 4.79 Å². The fourth-order valence-corrected chi connectivity index (χ4v) is 2.75. The number of Topliss-reactive ketones (excluding diaryl/α,β-unsaturated/α-hetero) is 1. The minimum atomic E-state index is -5.31. The molecule has 5 nitrogen and oxygen atoms in total. The molecule has 0 aliphatic carbocycles. The Labute approximate surface area is 135 Å². The highest BCUT2D eigenvalue weighted by Crippen LogP contribution is 2.36. The Hall–Kier alpha value is -3.29. The molecule has 2 heterocycles. The molecule has 0 spiro atoms. The van der Waals surface area contributed by atoms with Crippen LogP contribution in [0.4, 0.5) is 13.2 Å². The number of para-hydroxylation sites is 1. The summed E-state index contributed by atoms with van der Waals surface area (Å²) in [6.07, 6.45) is -5.31. The molecule has 2 aromatic heterocycles. The molecule has 25 heavy (non-hydrogen) atoms. The summed E-state index contributed by atoms with van der Waals surface area (Å²) in [7, 11) is 0. The summed E-state index contributed by atoms with van der Waals surface area (Å²) in [5.74, 6) is -3.53. The van der Waals surface area contributed by atoms with Crippen molar-refractivity contribution in [3.8, 4) is 5.75 Å². The van der Waals surface area contributed by atoms with Crippen LogP contribution >= 0.6 is 0 Å². The molecule has 0 saturated carbocycles. The molecule has 2 aromatic carbocycles. The van der Waals surface area contributed by atoms with E-state index in [1.54, 1.807) is 24.3 Å². The quantitative estimate of drug-likeness (QED) is 0.413. The second-order valence-electron chi connectivity index (χ2n) is 5.38. The Balaban J connectivity index is 2.12. The van der Waals surface area contributed by atoms with Gasteiger partial charge in [0.15, 0.2) is 5.56 Å². The third-order valence-corrected chi connectivity index (χ3v) is 3.86. The van der Waals surface area contributed by atoms with Crippen molar-refractivity contribution in [2.45, 2.75) is 6.18 Å². The molecule has 0 aliphatic rings. The van der Waals surface area contributed by atoms with Gasteiger partial charge >= 0.3 is 11.8 Å². The lowest BCUT2D eigenvalue weighted by Crippen LogP contribution is -2.28. The van der Waals surface area contributed by atoms with Crippen LogP contribution in [0.3, 0.4) is 0 Å². The van der Waals surface area contributed by atoms with Gasteiger partial charge in [-0.2, -0.15) is 13.2 Å². The number of carbonyl (C=O) groups excluding carboxylic acids is 1. The Kier molecular flexibility index (Phi) is 2.96. The fourth-order valence-electron chi connectivity index (χ4n) is 2.75. The van der Waals surface area contributed by atoms with E-state index in [-0.39, 0.29) is 11.0 Å². The molecule has 0 amide bonds. The van der Waals surface area contributed by atoms with Crippen LogP contribution in [-0.4, -0.2) is 17.1 Å². The molecule has 0 aliphatic heterocycles. The fraction of sp³-hybridized carbons (Fsp3) is 0.0588. The Bertz CT molecular complexity index is 1230. The van der Waals surface area contributed by atoms with Gasteiger partial charge in [-0.05, 0) is 12.1 Å². The molecule has 0 atom stereocenters. The number of hydrogen-bond acceptors (Lipinski definition) is 5. The van der Waals surface area contributed by atoms with Crippen molar-refractivity contribution in [3.05, 3.63) is 52.4 Å². The molecular weight excluding hydrogens is 341 g/mol. The van der Waals surface area contributed by atoms with E-state index in [2.05, 4.69) is 0 Å². The number of rotatable bonds is 1. The SMILES string of the molecule is O=C(c1c(O)c2cc3c(cc2oc1=O)oc1ccccc13)C(F)(F)F. The van der Waals surface area contributed by atoms with Gasteiger partial charge in [-0.3, -0.25) is 4.79 Å². The topological polar surface area (TPSA) is 80.6 Å². The maximum atomic E-state index is 12.7. The largest absolute Gasteiger partial charge is 0.506 e. The number of fused-ring (bicyclic) bond motifs is 4. The van der Waals surface area contributed by atoms with E-state index in [0.717, 1.165) is 0 Å². The van der Waals surface area contributed by atoms with Crippen molar-refractivity contribution in [2.24, 2.45) is 0 Å². The zero-order valence-corrected chi connectivity index (χ0v) is 12.2. The predicted octanol–water partition coefficient (Wildman–Crippen LogP) is 4.14. The number of ketones is 1. The first-order chi connectivity index (χ1) is 11.8. The maximum Gasteiger partial charge on any atom is 0.455 e. The van der Waals surface area contributed by atoms with E-state index in [1.165, 1.54) is 12.1 Å². The van der Waals surface area contributed by atoms with Crippen molar-refractivity contribution >= 4 is 38.7 Å². The first kappa shape index (κ1) is 15.3. The Morgan fingerprint density at radius 2 is 1.60 bits per heavy atom. The van der Waals surface area contributed by atoms with Crippen molar-refractivity contribution < 1.29 is 31.9 Å². The van der Waals surface area contributed by atoms with Gasteiger partial charge in [0, 0.05) is 16.8 Å². The van der Waals surface area contributed by atoms with Crippen LogP contribution in [0.15, 0.2) is 50.0 Å². The number of carbonyl (C=O) groups is 1. The number of halogens is 3. The van der Waals surface area contributed by atoms with Crippen molar-refractivity contribution in [1.82, 2.24) is 0 Å². The van der Waals surface area contributed by atoms with Gasteiger partial charge < -0.3 is 13.9 Å². The highest BCUT2D eigenvalue weighted by Gasteiger charge is 2.43. The lowest BCUT2D eigenvalue weighted by atomic mass is 10.1. The Morgan fingerprint density at radius 3 is 2.32 bits per heavy atom. The van der Waals surface area contributed by atoms with Gasteiger partial charge in [0.25, 0.3) is 5.78 Å². The van der Waals surface area contributed by atoms with E-state index >= 15 is 0 Å². The van der Waals surface area contributed by atoms with Gasteiger partial charge in [0.1, 0.15) is 22.5 Å². The van der Waals surface area contributed by atoms with Crippen LogP contribution in [0.5, 0.6) is 5.75 Å². The number of furan rings is 1. The molecule has 0 saturated heterocycles. The summed E-state index contributed by atoms with van der Waals surface area (Å²) in [5.41, 5.74) is -2.35. The molecule has 4 rings (SSSR count). The van der Waals surface area contributed by atoms with Crippen LogP contribution in [0.1, 0.15) is 10.4 Å². The molecule has 0 unspecified atom stereocenters. The van der Waals surface area contributed by atoms with Crippen LogP contribution in [0, 0.1) is 0 Å². The molecule has 126 valence electrons. The summed E-state index contributed by atoms with van der Waals surface area (Å²) >= 11 is 0. The third kappa shape index (κ3) is 2.18. The lowest BCUT2D eigenvalue weighted by molar-refractivity contribution is -0.0888. The highest BCUT2D eigenvalue weighted by atomic mass is 19.4. The molecule has 0 radical (unpaired) electrons. The molecule has 8 heteroatoms. The summed E-state index contributed by atoms with van der Waals surface area (Å²) in [4.78, 5) is 23.2. The van der Waals surface area contributed by atoms with E-state index < -0.39 is 28.9 Å². The van der Waals surface area contributed by atoms with Gasteiger partial charge in [0.2, 0.25) is 0 Å². The van der Waals surface area contributed by atoms with Gasteiger partial charge in [0.05, 0.1) is 5.39 Å². The van der Waals surface area contributed by atoms with Crippen molar-refractivity contribution in [3.63, 3.8) is 0 Å². The molecule has 1 N–H and O–H groups in total. The number of benzene rings is 2.